The number of hydrogen-bond acceptors (Lipinski definition) is 4. The summed E-state index contributed by atoms with van der Waals surface area (Å²) in [6, 6.07) is 19.6. The maximum atomic E-state index is 12.2. The van der Waals surface area contributed by atoms with Gasteiger partial charge in [0.2, 0.25) is 0 Å². The molecular formula is C26H26N2O3. The largest absolute Gasteiger partial charge is 0.483 e. The smallest absolute Gasteiger partial charge is 0.262 e. The van der Waals surface area contributed by atoms with Crippen molar-refractivity contribution in [1.29, 1.82) is 0 Å². The van der Waals surface area contributed by atoms with Gasteiger partial charge in [-0.05, 0) is 72.9 Å². The van der Waals surface area contributed by atoms with Gasteiger partial charge in [-0.1, -0.05) is 37.3 Å². The maximum Gasteiger partial charge on any atom is 0.262 e. The Kier molecular flexibility index (Phi) is 6.03. The lowest BCUT2D eigenvalue weighted by Gasteiger charge is -2.11. The van der Waals surface area contributed by atoms with Gasteiger partial charge >= 0.3 is 0 Å². The molecule has 3 aromatic carbocycles. The van der Waals surface area contributed by atoms with Crippen LogP contribution in [-0.2, 0) is 17.6 Å². The summed E-state index contributed by atoms with van der Waals surface area (Å²) >= 11 is 0. The average molecular weight is 415 g/mol. The molecule has 1 N–H and O–H groups in total. The van der Waals surface area contributed by atoms with Gasteiger partial charge in [0, 0.05) is 12.1 Å². The highest BCUT2D eigenvalue weighted by Gasteiger charge is 2.09. The monoisotopic (exact) mass is 414 g/mol. The van der Waals surface area contributed by atoms with Crippen LogP contribution in [0.2, 0.25) is 0 Å². The van der Waals surface area contributed by atoms with Crippen molar-refractivity contribution in [1.82, 2.24) is 4.98 Å². The fourth-order valence-electron chi connectivity index (χ4n) is 3.42. The second kappa shape index (κ2) is 9.04. The van der Waals surface area contributed by atoms with Crippen molar-refractivity contribution >= 4 is 22.7 Å². The number of benzene rings is 3. The number of aromatic nitrogens is 1. The summed E-state index contributed by atoms with van der Waals surface area (Å²) in [6.45, 7) is 6.10. The molecule has 158 valence electrons. The average Bonchev–Trinajstić information content (AvgIpc) is 3.17. The van der Waals surface area contributed by atoms with E-state index in [1.54, 1.807) is 0 Å². The van der Waals surface area contributed by atoms with E-state index in [-0.39, 0.29) is 12.5 Å². The van der Waals surface area contributed by atoms with Gasteiger partial charge in [-0.3, -0.25) is 4.79 Å². The molecule has 0 fully saturated rings. The molecule has 4 rings (SSSR count). The molecule has 0 radical (unpaired) electrons. The van der Waals surface area contributed by atoms with Gasteiger partial charge < -0.3 is 14.5 Å². The van der Waals surface area contributed by atoms with Crippen molar-refractivity contribution in [3.63, 3.8) is 0 Å². The van der Waals surface area contributed by atoms with Gasteiger partial charge in [0.25, 0.3) is 5.91 Å². The molecule has 0 atom stereocenters. The van der Waals surface area contributed by atoms with Gasteiger partial charge in [0.05, 0.1) is 0 Å². The van der Waals surface area contributed by atoms with E-state index in [0.717, 1.165) is 45.6 Å². The highest BCUT2D eigenvalue weighted by molar-refractivity contribution is 5.91. The number of fused-ring (bicyclic) bond motifs is 1. The number of aryl methyl sites for hydroxylation is 2. The van der Waals surface area contributed by atoms with Crippen LogP contribution in [0.25, 0.3) is 11.1 Å². The SMILES string of the molecule is CCc1ccc2oc(Cc3ccc(NC(=O)COc4cccc(C)c4C)cc3)nc2c1. The molecular weight excluding hydrogens is 388 g/mol. The molecule has 1 heterocycles. The van der Waals surface area contributed by atoms with Crippen LogP contribution in [-0.4, -0.2) is 17.5 Å². The molecule has 1 aromatic heterocycles. The van der Waals surface area contributed by atoms with Crippen molar-refractivity contribution < 1.29 is 13.9 Å². The number of carbonyl (C=O) groups excluding carboxylic acids is 1. The summed E-state index contributed by atoms with van der Waals surface area (Å²) in [5.41, 5.74) is 6.91. The van der Waals surface area contributed by atoms with E-state index in [1.165, 1.54) is 5.56 Å². The standard InChI is InChI=1S/C26H26N2O3/c1-4-19-10-13-24-22(14-19)28-26(31-24)15-20-8-11-21(12-9-20)27-25(29)16-30-23-7-5-6-17(2)18(23)3/h5-14H,4,15-16H2,1-3H3,(H,27,29). The van der Waals surface area contributed by atoms with Crippen LogP contribution in [0.4, 0.5) is 5.69 Å². The lowest BCUT2D eigenvalue weighted by atomic mass is 10.1. The van der Waals surface area contributed by atoms with Gasteiger partial charge in [0.15, 0.2) is 18.1 Å². The number of hydrogen-bond donors (Lipinski definition) is 1. The van der Waals surface area contributed by atoms with Crippen LogP contribution in [0.5, 0.6) is 5.75 Å². The van der Waals surface area contributed by atoms with E-state index in [2.05, 4.69) is 29.4 Å². The molecule has 1 amide bonds. The number of rotatable bonds is 7. The lowest BCUT2D eigenvalue weighted by Crippen LogP contribution is -2.20. The van der Waals surface area contributed by atoms with Crippen molar-refractivity contribution in [3.05, 3.63) is 88.8 Å². The minimum absolute atomic E-state index is 0.0330. The Morgan fingerprint density at radius 3 is 2.58 bits per heavy atom. The Labute approximate surface area is 182 Å². The fourth-order valence-corrected chi connectivity index (χ4v) is 3.42. The third-order valence-corrected chi connectivity index (χ3v) is 5.41. The summed E-state index contributed by atoms with van der Waals surface area (Å²) in [4.78, 5) is 16.8. The maximum absolute atomic E-state index is 12.2. The van der Waals surface area contributed by atoms with Gasteiger partial charge in [-0.2, -0.15) is 0 Å². The topological polar surface area (TPSA) is 64.4 Å². The lowest BCUT2D eigenvalue weighted by molar-refractivity contribution is -0.118. The third kappa shape index (κ3) is 4.94. The van der Waals surface area contributed by atoms with E-state index in [9.17, 15) is 4.79 Å². The molecule has 0 saturated carbocycles. The van der Waals surface area contributed by atoms with Crippen LogP contribution in [0.3, 0.4) is 0 Å². The molecule has 5 nitrogen and oxygen atoms in total. The number of nitrogens with zero attached hydrogens (tertiary/aromatic N) is 1. The zero-order chi connectivity index (χ0) is 21.8. The number of amides is 1. The Bertz CT molecular complexity index is 1210. The first-order chi connectivity index (χ1) is 15.0. The van der Waals surface area contributed by atoms with Crippen LogP contribution in [0.1, 0.15) is 35.1 Å². The minimum atomic E-state index is -0.195. The van der Waals surface area contributed by atoms with E-state index < -0.39 is 0 Å². The van der Waals surface area contributed by atoms with E-state index in [0.29, 0.717) is 12.3 Å². The molecule has 0 aliphatic rings. The molecule has 5 heteroatoms. The Hall–Kier alpha value is -3.60. The van der Waals surface area contributed by atoms with Gasteiger partial charge in [0.1, 0.15) is 11.3 Å². The zero-order valence-corrected chi connectivity index (χ0v) is 18.1. The molecule has 0 aliphatic heterocycles. The number of anilines is 1. The summed E-state index contributed by atoms with van der Waals surface area (Å²) < 4.78 is 11.5. The van der Waals surface area contributed by atoms with Crippen molar-refractivity contribution in [2.75, 3.05) is 11.9 Å². The molecule has 0 aliphatic carbocycles. The molecule has 0 unspecified atom stereocenters. The van der Waals surface area contributed by atoms with Crippen molar-refractivity contribution in [2.45, 2.75) is 33.6 Å². The summed E-state index contributed by atoms with van der Waals surface area (Å²) in [5, 5.41) is 2.87. The normalized spacial score (nSPS) is 10.9. The van der Waals surface area contributed by atoms with Crippen molar-refractivity contribution in [2.24, 2.45) is 0 Å². The molecule has 0 bridgehead atoms. The summed E-state index contributed by atoms with van der Waals surface area (Å²) in [7, 11) is 0. The molecule has 31 heavy (non-hydrogen) atoms. The number of ether oxygens (including phenoxy) is 1. The predicted molar refractivity (Wildman–Crippen MR) is 123 cm³/mol. The summed E-state index contributed by atoms with van der Waals surface area (Å²) in [5.74, 6) is 1.22. The highest BCUT2D eigenvalue weighted by atomic mass is 16.5. The van der Waals surface area contributed by atoms with E-state index in [4.69, 9.17) is 9.15 Å². The van der Waals surface area contributed by atoms with Crippen LogP contribution < -0.4 is 10.1 Å². The second-order valence-corrected chi connectivity index (χ2v) is 7.67. The Balaban J connectivity index is 1.34. The van der Waals surface area contributed by atoms with Crippen LogP contribution in [0.15, 0.2) is 65.1 Å². The zero-order valence-electron chi connectivity index (χ0n) is 18.1. The number of oxazole rings is 1. The molecule has 0 saturated heterocycles. The summed E-state index contributed by atoms with van der Waals surface area (Å²) in [6.07, 6.45) is 1.57. The molecule has 0 spiro atoms. The first kappa shape index (κ1) is 20.7. The number of carbonyl (C=O) groups is 1. The highest BCUT2D eigenvalue weighted by Crippen LogP contribution is 2.22. The molecule has 4 aromatic rings. The van der Waals surface area contributed by atoms with Crippen LogP contribution >= 0.6 is 0 Å². The first-order valence-corrected chi connectivity index (χ1v) is 10.5. The predicted octanol–water partition coefficient (Wildman–Crippen LogP) is 5.62. The van der Waals surface area contributed by atoms with E-state index >= 15 is 0 Å². The second-order valence-electron chi connectivity index (χ2n) is 7.67. The van der Waals surface area contributed by atoms with Crippen molar-refractivity contribution in [3.8, 4) is 5.75 Å². The van der Waals surface area contributed by atoms with Crippen LogP contribution in [0, 0.1) is 13.8 Å². The van der Waals surface area contributed by atoms with Gasteiger partial charge in [-0.15, -0.1) is 0 Å². The Morgan fingerprint density at radius 1 is 1.03 bits per heavy atom. The third-order valence-electron chi connectivity index (χ3n) is 5.41. The van der Waals surface area contributed by atoms with E-state index in [1.807, 2.05) is 62.4 Å². The Morgan fingerprint density at radius 2 is 1.81 bits per heavy atom. The fraction of sp³-hybridized carbons (Fsp3) is 0.231. The first-order valence-electron chi connectivity index (χ1n) is 10.5. The number of nitrogens with one attached hydrogen (secondary N) is 1. The van der Waals surface area contributed by atoms with Gasteiger partial charge in [-0.25, -0.2) is 4.98 Å². The quantitative estimate of drug-likeness (QED) is 0.427. The minimum Gasteiger partial charge on any atom is -0.483 e.